The minimum atomic E-state index is -0.234. The number of hydrogen-bond donors (Lipinski definition) is 1. The first-order chi connectivity index (χ1) is 12.5. The number of halogens is 1. The molecule has 3 rings (SSSR count). The van der Waals surface area contributed by atoms with Crippen molar-refractivity contribution >= 4 is 50.6 Å². The molecule has 7 nitrogen and oxygen atoms in total. The molecule has 1 unspecified atom stereocenters. The van der Waals surface area contributed by atoms with Gasteiger partial charge >= 0.3 is 0 Å². The molecule has 3 amide bonds. The van der Waals surface area contributed by atoms with Gasteiger partial charge in [-0.3, -0.25) is 14.4 Å². The second kappa shape index (κ2) is 8.85. The van der Waals surface area contributed by atoms with E-state index in [0.29, 0.717) is 38.4 Å². The van der Waals surface area contributed by atoms with Gasteiger partial charge in [-0.2, -0.15) is 0 Å². The lowest BCUT2D eigenvalue weighted by Crippen LogP contribution is -2.44. The van der Waals surface area contributed by atoms with Crippen molar-refractivity contribution in [1.29, 1.82) is 0 Å². The Morgan fingerprint density at radius 1 is 1.35 bits per heavy atom. The van der Waals surface area contributed by atoms with Gasteiger partial charge in [0.2, 0.25) is 11.8 Å². The number of carbonyl (C=O) groups excluding carboxylic acids is 3. The molecular formula is C17H21BrN4O3S. The van der Waals surface area contributed by atoms with E-state index >= 15 is 0 Å². The fourth-order valence-corrected chi connectivity index (χ4v) is 4.20. The number of amides is 3. The number of carbonyl (C=O) groups is 3. The fraction of sp³-hybridized carbons (Fsp3) is 0.529. The van der Waals surface area contributed by atoms with Crippen LogP contribution in [0.1, 0.15) is 19.3 Å². The molecular weight excluding hydrogens is 420 g/mol. The van der Waals surface area contributed by atoms with Crippen molar-refractivity contribution in [3.8, 4) is 0 Å². The molecule has 3 heterocycles. The lowest BCUT2D eigenvalue weighted by atomic mass is 9.97. The van der Waals surface area contributed by atoms with E-state index < -0.39 is 0 Å². The van der Waals surface area contributed by atoms with Crippen molar-refractivity contribution < 1.29 is 14.4 Å². The third kappa shape index (κ3) is 4.97. The van der Waals surface area contributed by atoms with Crippen LogP contribution in [0.15, 0.2) is 22.8 Å². The maximum absolute atomic E-state index is 12.5. The highest BCUT2D eigenvalue weighted by molar-refractivity contribution is 9.10. The number of pyridine rings is 1. The number of aromatic nitrogens is 1. The number of thioether (sulfide) groups is 1. The number of anilines is 1. The highest BCUT2D eigenvalue weighted by atomic mass is 79.9. The Morgan fingerprint density at radius 2 is 2.19 bits per heavy atom. The van der Waals surface area contributed by atoms with Crippen LogP contribution in [0.3, 0.4) is 0 Å². The third-order valence-electron chi connectivity index (χ3n) is 4.56. The van der Waals surface area contributed by atoms with E-state index in [-0.39, 0.29) is 23.0 Å². The van der Waals surface area contributed by atoms with Gasteiger partial charge in [0.25, 0.3) is 5.24 Å². The van der Waals surface area contributed by atoms with Crippen LogP contribution in [0.4, 0.5) is 10.6 Å². The Morgan fingerprint density at radius 3 is 2.88 bits per heavy atom. The zero-order valence-corrected chi connectivity index (χ0v) is 16.7. The highest BCUT2D eigenvalue weighted by Crippen LogP contribution is 2.21. The summed E-state index contributed by atoms with van der Waals surface area (Å²) in [6, 6.07) is 3.55. The van der Waals surface area contributed by atoms with Crippen LogP contribution < -0.4 is 5.32 Å². The molecule has 1 aromatic heterocycles. The average molecular weight is 441 g/mol. The summed E-state index contributed by atoms with van der Waals surface area (Å²) >= 11 is 4.61. The summed E-state index contributed by atoms with van der Waals surface area (Å²) in [7, 11) is 0. The van der Waals surface area contributed by atoms with Gasteiger partial charge in [-0.25, -0.2) is 4.98 Å². The Bertz CT molecular complexity index is 685. The molecule has 2 fully saturated rings. The lowest BCUT2D eigenvalue weighted by molar-refractivity contribution is -0.134. The van der Waals surface area contributed by atoms with Crippen LogP contribution in [0, 0.1) is 5.92 Å². The van der Waals surface area contributed by atoms with Crippen LogP contribution in [-0.4, -0.2) is 63.8 Å². The van der Waals surface area contributed by atoms with E-state index in [1.807, 2.05) is 6.07 Å². The standard InChI is InChI=1S/C17H21BrN4O3S/c18-13-3-4-14(19-10-13)20-16(24)12-2-1-6-22(11-12)15(23)5-7-21-8-9-26-17(21)25/h3-4,10,12H,1-2,5-9,11H2,(H,19,20,24). The van der Waals surface area contributed by atoms with Gasteiger partial charge in [0.05, 0.1) is 5.92 Å². The topological polar surface area (TPSA) is 82.6 Å². The first kappa shape index (κ1) is 19.2. The van der Waals surface area contributed by atoms with Crippen LogP contribution in [0.2, 0.25) is 0 Å². The molecule has 9 heteroatoms. The summed E-state index contributed by atoms with van der Waals surface area (Å²) in [5.74, 6) is 0.967. The Labute approximate surface area is 165 Å². The summed E-state index contributed by atoms with van der Waals surface area (Å²) in [5, 5.41) is 2.87. The minimum absolute atomic E-state index is 0.00830. The SMILES string of the molecule is O=C(Nc1ccc(Br)cn1)C1CCCN(C(=O)CCN2CCSC2=O)C1. The number of likely N-dealkylation sites (tertiary alicyclic amines) is 1. The first-order valence-electron chi connectivity index (χ1n) is 8.65. The summed E-state index contributed by atoms with van der Waals surface area (Å²) < 4.78 is 0.847. The van der Waals surface area contributed by atoms with Crippen molar-refractivity contribution in [3.05, 3.63) is 22.8 Å². The number of hydrogen-bond acceptors (Lipinski definition) is 5. The average Bonchev–Trinajstić information content (AvgIpc) is 3.06. The molecule has 0 aliphatic carbocycles. The normalized spacial score (nSPS) is 20.3. The van der Waals surface area contributed by atoms with Crippen LogP contribution in [0.5, 0.6) is 0 Å². The van der Waals surface area contributed by atoms with E-state index in [9.17, 15) is 14.4 Å². The summed E-state index contributed by atoms with van der Waals surface area (Å²) in [6.45, 7) is 2.26. The van der Waals surface area contributed by atoms with E-state index in [1.54, 1.807) is 22.1 Å². The zero-order valence-electron chi connectivity index (χ0n) is 14.3. The van der Waals surface area contributed by atoms with Crippen LogP contribution >= 0.6 is 27.7 Å². The minimum Gasteiger partial charge on any atom is -0.342 e. The molecule has 0 radical (unpaired) electrons. The van der Waals surface area contributed by atoms with Crippen LogP contribution in [-0.2, 0) is 9.59 Å². The molecule has 2 aliphatic rings. The summed E-state index contributed by atoms with van der Waals surface area (Å²) in [4.78, 5) is 44.1. The van der Waals surface area contributed by atoms with Crippen molar-refractivity contribution in [2.45, 2.75) is 19.3 Å². The molecule has 140 valence electrons. The van der Waals surface area contributed by atoms with Crippen molar-refractivity contribution in [1.82, 2.24) is 14.8 Å². The predicted molar refractivity (Wildman–Crippen MR) is 104 cm³/mol. The molecule has 2 saturated heterocycles. The summed E-state index contributed by atoms with van der Waals surface area (Å²) in [5.41, 5.74) is 0. The molecule has 0 saturated carbocycles. The van der Waals surface area contributed by atoms with Gasteiger partial charge in [-0.1, -0.05) is 11.8 Å². The number of rotatable bonds is 5. The van der Waals surface area contributed by atoms with E-state index in [0.717, 1.165) is 23.1 Å². The van der Waals surface area contributed by atoms with E-state index in [2.05, 4.69) is 26.2 Å². The van der Waals surface area contributed by atoms with E-state index in [4.69, 9.17) is 0 Å². The van der Waals surface area contributed by atoms with Crippen molar-refractivity contribution in [2.24, 2.45) is 5.92 Å². The van der Waals surface area contributed by atoms with Gasteiger partial charge < -0.3 is 15.1 Å². The van der Waals surface area contributed by atoms with Gasteiger partial charge in [0.1, 0.15) is 5.82 Å². The van der Waals surface area contributed by atoms with Gasteiger partial charge in [-0.05, 0) is 40.9 Å². The number of nitrogens with zero attached hydrogens (tertiary/aromatic N) is 3. The Hall–Kier alpha value is -1.61. The smallest absolute Gasteiger partial charge is 0.281 e. The van der Waals surface area contributed by atoms with Gasteiger partial charge in [0, 0.05) is 49.0 Å². The number of nitrogens with one attached hydrogen (secondary N) is 1. The molecule has 1 aromatic rings. The molecule has 0 spiro atoms. The lowest BCUT2D eigenvalue weighted by Gasteiger charge is -2.32. The number of piperidine rings is 1. The quantitative estimate of drug-likeness (QED) is 0.760. The maximum Gasteiger partial charge on any atom is 0.281 e. The molecule has 2 aliphatic heterocycles. The third-order valence-corrected chi connectivity index (χ3v) is 5.93. The predicted octanol–water partition coefficient (Wildman–Crippen LogP) is 2.58. The first-order valence-corrected chi connectivity index (χ1v) is 10.4. The Kier molecular flexibility index (Phi) is 6.53. The second-order valence-electron chi connectivity index (χ2n) is 6.38. The molecule has 1 atom stereocenters. The largest absolute Gasteiger partial charge is 0.342 e. The molecule has 0 bridgehead atoms. The highest BCUT2D eigenvalue weighted by Gasteiger charge is 2.29. The molecule has 0 aromatic carbocycles. The van der Waals surface area contributed by atoms with Crippen LogP contribution in [0.25, 0.3) is 0 Å². The second-order valence-corrected chi connectivity index (χ2v) is 8.34. The summed E-state index contributed by atoms with van der Waals surface area (Å²) in [6.07, 6.45) is 3.50. The fourth-order valence-electron chi connectivity index (χ4n) is 3.11. The van der Waals surface area contributed by atoms with Crippen molar-refractivity contribution in [3.63, 3.8) is 0 Å². The monoisotopic (exact) mass is 440 g/mol. The van der Waals surface area contributed by atoms with Gasteiger partial charge in [-0.15, -0.1) is 0 Å². The van der Waals surface area contributed by atoms with Gasteiger partial charge in [0.15, 0.2) is 0 Å². The maximum atomic E-state index is 12.5. The van der Waals surface area contributed by atoms with Crippen molar-refractivity contribution in [2.75, 3.05) is 37.2 Å². The molecule has 26 heavy (non-hydrogen) atoms. The Balaban J connectivity index is 1.49. The zero-order chi connectivity index (χ0) is 18.5. The van der Waals surface area contributed by atoms with E-state index in [1.165, 1.54) is 11.8 Å². The molecule has 1 N–H and O–H groups in total.